The molecule has 0 heterocycles. The summed E-state index contributed by atoms with van der Waals surface area (Å²) < 4.78 is 25.8. The molecule has 2 aromatic rings. The zero-order valence-electron chi connectivity index (χ0n) is 18.0. The van der Waals surface area contributed by atoms with Gasteiger partial charge in [0, 0.05) is 13.0 Å². The Balaban J connectivity index is 1.99. The first kappa shape index (κ1) is 22.9. The summed E-state index contributed by atoms with van der Waals surface area (Å²) in [5.41, 5.74) is 5.12. The molecule has 5 nitrogen and oxygen atoms in total. The van der Waals surface area contributed by atoms with Crippen molar-refractivity contribution in [3.8, 4) is 0 Å². The molecule has 0 fully saturated rings. The molecule has 0 saturated heterocycles. The lowest BCUT2D eigenvalue weighted by molar-refractivity contribution is -0.121. The lowest BCUT2D eigenvalue weighted by Gasteiger charge is -2.23. The van der Waals surface area contributed by atoms with E-state index in [1.54, 1.807) is 6.07 Å². The van der Waals surface area contributed by atoms with Crippen molar-refractivity contribution in [2.45, 2.75) is 53.0 Å². The van der Waals surface area contributed by atoms with E-state index in [-0.39, 0.29) is 24.9 Å². The Kier molecular flexibility index (Phi) is 7.85. The summed E-state index contributed by atoms with van der Waals surface area (Å²) in [6, 6.07) is 13.6. The summed E-state index contributed by atoms with van der Waals surface area (Å²) in [4.78, 5) is 12.5. The third-order valence-electron chi connectivity index (χ3n) is 5.00. The minimum absolute atomic E-state index is 0.0362. The van der Waals surface area contributed by atoms with Crippen LogP contribution >= 0.6 is 0 Å². The lowest BCUT2D eigenvalue weighted by atomic mass is 9.97. The minimum Gasteiger partial charge on any atom is -0.349 e. The van der Waals surface area contributed by atoms with E-state index >= 15 is 0 Å². The number of hydrogen-bond donors (Lipinski definition) is 1. The normalized spacial score (nSPS) is 12.4. The number of nitrogens with zero attached hydrogens (tertiary/aromatic N) is 1. The van der Waals surface area contributed by atoms with Crippen molar-refractivity contribution in [2.75, 3.05) is 17.1 Å². The monoisotopic (exact) mass is 416 g/mol. The maximum absolute atomic E-state index is 12.5. The summed E-state index contributed by atoms with van der Waals surface area (Å²) in [5, 5.41) is 3.10. The van der Waals surface area contributed by atoms with E-state index in [2.05, 4.69) is 37.4 Å². The van der Waals surface area contributed by atoms with Gasteiger partial charge in [-0.25, -0.2) is 8.42 Å². The second-order valence-corrected chi connectivity index (χ2v) is 9.57. The summed E-state index contributed by atoms with van der Waals surface area (Å²) in [7, 11) is -3.41. The zero-order valence-corrected chi connectivity index (χ0v) is 18.8. The number of hydrogen-bond acceptors (Lipinski definition) is 3. The van der Waals surface area contributed by atoms with Gasteiger partial charge in [0.05, 0.1) is 18.0 Å². The number of anilines is 1. The molecule has 1 atom stereocenters. The number of sulfonamides is 1. The van der Waals surface area contributed by atoms with Crippen LogP contribution in [0.25, 0.3) is 0 Å². The van der Waals surface area contributed by atoms with Gasteiger partial charge in [0.15, 0.2) is 0 Å². The summed E-state index contributed by atoms with van der Waals surface area (Å²) in [6.07, 6.45) is 2.73. The number of carbonyl (C=O) groups is 1. The molecule has 0 radical (unpaired) electrons. The largest absolute Gasteiger partial charge is 0.349 e. The van der Waals surface area contributed by atoms with Gasteiger partial charge >= 0.3 is 0 Å². The van der Waals surface area contributed by atoms with Gasteiger partial charge in [0.1, 0.15) is 0 Å². The van der Waals surface area contributed by atoms with Crippen LogP contribution in [0.2, 0.25) is 0 Å². The third-order valence-corrected chi connectivity index (χ3v) is 6.19. The molecule has 0 bridgehead atoms. The van der Waals surface area contributed by atoms with Gasteiger partial charge in [-0.3, -0.25) is 9.10 Å². The summed E-state index contributed by atoms with van der Waals surface area (Å²) in [6.45, 7) is 8.36. The van der Waals surface area contributed by atoms with E-state index in [4.69, 9.17) is 0 Å². The average Bonchev–Trinajstić information content (AvgIpc) is 2.62. The SMILES string of the molecule is CC[C@H](NC(=O)CCCN(c1cccc(C)c1)S(C)(=O)=O)c1ccc(C)cc1C. The van der Waals surface area contributed by atoms with E-state index in [0.717, 1.165) is 17.5 Å². The molecule has 0 spiro atoms. The van der Waals surface area contributed by atoms with E-state index in [1.807, 2.05) is 32.0 Å². The van der Waals surface area contributed by atoms with Crippen LogP contribution in [0.4, 0.5) is 5.69 Å². The fourth-order valence-electron chi connectivity index (χ4n) is 3.54. The smallest absolute Gasteiger partial charge is 0.232 e. The van der Waals surface area contributed by atoms with Gasteiger partial charge in [-0.15, -0.1) is 0 Å². The fourth-order valence-corrected chi connectivity index (χ4v) is 4.49. The quantitative estimate of drug-likeness (QED) is 0.658. The van der Waals surface area contributed by atoms with Crippen molar-refractivity contribution >= 4 is 21.6 Å². The van der Waals surface area contributed by atoms with Crippen molar-refractivity contribution in [3.05, 3.63) is 64.7 Å². The Morgan fingerprint density at radius 1 is 1.07 bits per heavy atom. The molecule has 0 aliphatic rings. The highest BCUT2D eigenvalue weighted by molar-refractivity contribution is 7.92. The van der Waals surface area contributed by atoms with Crippen LogP contribution in [0.15, 0.2) is 42.5 Å². The molecule has 29 heavy (non-hydrogen) atoms. The summed E-state index contributed by atoms with van der Waals surface area (Å²) in [5.74, 6) is -0.0606. The van der Waals surface area contributed by atoms with Gasteiger partial charge in [-0.2, -0.15) is 0 Å². The van der Waals surface area contributed by atoms with Crippen molar-refractivity contribution < 1.29 is 13.2 Å². The Labute approximate surface area is 175 Å². The predicted molar refractivity (Wildman–Crippen MR) is 120 cm³/mol. The van der Waals surface area contributed by atoms with Crippen LogP contribution in [0.3, 0.4) is 0 Å². The summed E-state index contributed by atoms with van der Waals surface area (Å²) >= 11 is 0. The molecular formula is C23H32N2O3S. The highest BCUT2D eigenvalue weighted by Crippen LogP contribution is 2.22. The molecule has 6 heteroatoms. The topological polar surface area (TPSA) is 66.5 Å². The predicted octanol–water partition coefficient (Wildman–Crippen LogP) is 4.43. The Bertz CT molecular complexity index is 954. The molecule has 0 aliphatic carbocycles. The van der Waals surface area contributed by atoms with E-state index in [9.17, 15) is 13.2 Å². The third kappa shape index (κ3) is 6.60. The molecule has 0 unspecified atom stereocenters. The van der Waals surface area contributed by atoms with Gasteiger partial charge in [0.25, 0.3) is 0 Å². The first-order chi connectivity index (χ1) is 13.6. The molecule has 1 amide bonds. The maximum Gasteiger partial charge on any atom is 0.232 e. The van der Waals surface area contributed by atoms with Crippen molar-refractivity contribution in [1.82, 2.24) is 5.32 Å². The van der Waals surface area contributed by atoms with E-state index in [0.29, 0.717) is 12.1 Å². The molecule has 0 saturated carbocycles. The minimum atomic E-state index is -3.41. The first-order valence-electron chi connectivity index (χ1n) is 10.0. The lowest BCUT2D eigenvalue weighted by Crippen LogP contribution is -2.33. The molecule has 0 aliphatic heterocycles. The van der Waals surface area contributed by atoms with Crippen LogP contribution in [0, 0.1) is 20.8 Å². The molecule has 2 rings (SSSR count). The number of rotatable bonds is 9. The number of benzene rings is 2. The van der Waals surface area contributed by atoms with Crippen molar-refractivity contribution in [3.63, 3.8) is 0 Å². The number of nitrogens with one attached hydrogen (secondary N) is 1. The van der Waals surface area contributed by atoms with E-state index < -0.39 is 10.0 Å². The second-order valence-electron chi connectivity index (χ2n) is 7.67. The van der Waals surface area contributed by atoms with E-state index in [1.165, 1.54) is 21.7 Å². The van der Waals surface area contributed by atoms with Crippen LogP contribution in [-0.4, -0.2) is 27.1 Å². The van der Waals surface area contributed by atoms with Crippen molar-refractivity contribution in [1.29, 1.82) is 0 Å². The second kappa shape index (κ2) is 9.92. The van der Waals surface area contributed by atoms with Gasteiger partial charge < -0.3 is 5.32 Å². The van der Waals surface area contributed by atoms with Crippen LogP contribution in [-0.2, 0) is 14.8 Å². The molecular weight excluding hydrogens is 384 g/mol. The number of amides is 1. The molecule has 158 valence electrons. The van der Waals surface area contributed by atoms with Gasteiger partial charge in [-0.1, -0.05) is 42.8 Å². The number of carbonyl (C=O) groups excluding carboxylic acids is 1. The average molecular weight is 417 g/mol. The highest BCUT2D eigenvalue weighted by Gasteiger charge is 2.19. The van der Waals surface area contributed by atoms with Gasteiger partial charge in [0.2, 0.25) is 15.9 Å². The van der Waals surface area contributed by atoms with Crippen LogP contribution < -0.4 is 9.62 Å². The zero-order chi connectivity index (χ0) is 21.6. The van der Waals surface area contributed by atoms with Crippen LogP contribution in [0.5, 0.6) is 0 Å². The Morgan fingerprint density at radius 3 is 2.34 bits per heavy atom. The number of aryl methyl sites for hydroxylation is 3. The fraction of sp³-hybridized carbons (Fsp3) is 0.435. The Morgan fingerprint density at radius 2 is 1.76 bits per heavy atom. The molecule has 2 aromatic carbocycles. The van der Waals surface area contributed by atoms with Crippen LogP contribution in [0.1, 0.15) is 54.5 Å². The van der Waals surface area contributed by atoms with Gasteiger partial charge in [-0.05, 0) is 62.4 Å². The molecule has 0 aromatic heterocycles. The first-order valence-corrected chi connectivity index (χ1v) is 11.9. The maximum atomic E-state index is 12.5. The van der Waals surface area contributed by atoms with Crippen molar-refractivity contribution in [2.24, 2.45) is 0 Å². The molecule has 1 N–H and O–H groups in total. The standard InChI is InChI=1S/C23H32N2O3S/c1-6-22(21-13-12-18(3)15-19(21)4)24-23(26)11-8-14-25(29(5,27)28)20-10-7-9-17(2)16-20/h7,9-10,12-13,15-16,22H,6,8,11,14H2,1-5H3,(H,24,26)/t22-/m0/s1. The highest BCUT2D eigenvalue weighted by atomic mass is 32.2. The Hall–Kier alpha value is -2.34.